The minimum atomic E-state index is -0.384. The lowest BCUT2D eigenvalue weighted by molar-refractivity contribution is 0.328. The fourth-order valence-electron chi connectivity index (χ4n) is 2.57. The van der Waals surface area contributed by atoms with E-state index in [-0.39, 0.29) is 16.6 Å². The topological polar surface area (TPSA) is 120 Å². The van der Waals surface area contributed by atoms with Crippen LogP contribution in [-0.4, -0.2) is 28.6 Å². The van der Waals surface area contributed by atoms with Crippen molar-refractivity contribution < 1.29 is 8.78 Å². The van der Waals surface area contributed by atoms with Crippen molar-refractivity contribution in [1.82, 2.24) is 5.01 Å². The van der Waals surface area contributed by atoms with Gasteiger partial charge in [-0.05, 0) is 31.5 Å². The summed E-state index contributed by atoms with van der Waals surface area (Å²) in [6, 6.07) is 4.09. The Labute approximate surface area is 144 Å². The van der Waals surface area contributed by atoms with Gasteiger partial charge in [-0.1, -0.05) is 11.8 Å². The number of nitrogens with zero attached hydrogens (tertiary/aromatic N) is 2. The lowest BCUT2D eigenvalue weighted by Gasteiger charge is -2.37. The van der Waals surface area contributed by atoms with Crippen molar-refractivity contribution in [3.63, 3.8) is 0 Å². The van der Waals surface area contributed by atoms with E-state index in [0.717, 1.165) is 0 Å². The van der Waals surface area contributed by atoms with E-state index in [1.807, 2.05) is 6.92 Å². The Morgan fingerprint density at radius 3 is 2.71 bits per heavy atom. The van der Waals surface area contributed by atoms with Crippen LogP contribution in [0.2, 0.25) is 0 Å². The molecule has 2 rings (SSSR count). The van der Waals surface area contributed by atoms with Gasteiger partial charge < -0.3 is 22.2 Å². The summed E-state index contributed by atoms with van der Waals surface area (Å²) in [7, 11) is 0.500. The number of nitrogens with two attached hydrogens (primary N) is 4. The van der Waals surface area contributed by atoms with Crippen molar-refractivity contribution in [1.29, 1.82) is 0 Å². The zero-order valence-electron chi connectivity index (χ0n) is 13.7. The molecule has 0 fully saturated rings. The molecule has 2 atom stereocenters. The maximum atomic E-state index is 14.1. The van der Waals surface area contributed by atoms with Crippen molar-refractivity contribution in [3.8, 4) is 0 Å². The van der Waals surface area contributed by atoms with Gasteiger partial charge >= 0.3 is 0 Å². The Morgan fingerprint density at radius 1 is 1.42 bits per heavy atom. The van der Waals surface area contributed by atoms with Gasteiger partial charge in [0, 0.05) is 34.9 Å². The van der Waals surface area contributed by atoms with E-state index in [1.54, 1.807) is 12.3 Å². The fraction of sp³-hybridized carbons (Fsp3) is 0.400. The largest absolute Gasteiger partial charge is 0.403 e. The Bertz CT molecular complexity index is 610. The molecule has 0 saturated carbocycles. The van der Waals surface area contributed by atoms with Gasteiger partial charge in [0.1, 0.15) is 5.82 Å². The second-order valence-corrected chi connectivity index (χ2v) is 7.14. The molecule has 1 aliphatic rings. The smallest absolute Gasteiger partial charge is 0.155 e. The van der Waals surface area contributed by atoms with E-state index in [4.69, 9.17) is 23.0 Å². The van der Waals surface area contributed by atoms with Gasteiger partial charge in [-0.25, -0.2) is 10.2 Å². The van der Waals surface area contributed by atoms with E-state index in [1.165, 1.54) is 35.1 Å². The van der Waals surface area contributed by atoms with Gasteiger partial charge in [0.15, 0.2) is 5.17 Å². The number of hydrogen-bond acceptors (Lipinski definition) is 7. The van der Waals surface area contributed by atoms with Crippen molar-refractivity contribution in [2.75, 3.05) is 19.5 Å². The molecule has 0 radical (unpaired) electrons. The van der Waals surface area contributed by atoms with Crippen molar-refractivity contribution in [3.05, 3.63) is 42.0 Å². The molecule has 0 aromatic heterocycles. The zero-order chi connectivity index (χ0) is 18.3. The highest BCUT2D eigenvalue weighted by atomic mass is 32.2. The zero-order valence-corrected chi connectivity index (χ0v) is 14.6. The van der Waals surface area contributed by atoms with Gasteiger partial charge in [0.25, 0.3) is 0 Å². The molecule has 6 nitrogen and oxygen atoms in total. The van der Waals surface area contributed by atoms with Crippen molar-refractivity contribution >= 4 is 22.6 Å². The fourth-order valence-corrected chi connectivity index (χ4v) is 3.71. The number of rotatable bonds is 4. The number of thioether (sulfide) groups is 1. The van der Waals surface area contributed by atoms with Crippen LogP contribution in [0.4, 0.5) is 14.5 Å². The predicted molar refractivity (Wildman–Crippen MR) is 97.0 cm³/mol. The summed E-state index contributed by atoms with van der Waals surface area (Å²) < 4.78 is 23.3. The molecule has 8 N–H and O–H groups in total. The summed E-state index contributed by atoms with van der Waals surface area (Å²) in [6.45, 7) is 2.52. The molecule has 0 spiro atoms. The predicted octanol–water partition coefficient (Wildman–Crippen LogP) is 1.85. The third-order valence-electron chi connectivity index (χ3n) is 3.43. The Hall–Kier alpha value is -2.00. The standard InChI is InChI=1S/C14H21FN6S.CH3F/c1-14(8-21(19)5-4-16)7-12(20-13(18)22-14)10-6-9(17)2-3-11(10)15;1-2/h2-6,12H,7-8,16-17,19H2,1H3,(H2,18,20);1H3/b5-4-;. The highest BCUT2D eigenvalue weighted by Gasteiger charge is 2.36. The van der Waals surface area contributed by atoms with Gasteiger partial charge in [-0.2, -0.15) is 0 Å². The molecule has 0 bridgehead atoms. The van der Waals surface area contributed by atoms with Crippen molar-refractivity contribution in [2.45, 2.75) is 24.1 Å². The van der Waals surface area contributed by atoms with E-state index in [0.29, 0.717) is 36.6 Å². The molecular weight excluding hydrogens is 334 g/mol. The minimum Gasteiger partial charge on any atom is -0.403 e. The average molecular weight is 358 g/mol. The van der Waals surface area contributed by atoms with Crippen LogP contribution >= 0.6 is 11.8 Å². The number of aliphatic imine (C=N–C) groups is 1. The SMILES string of the molecule is CC1(CN(N)/C=C\N)CC(c2cc(N)ccc2F)N=C(N)S1.CF. The molecule has 0 saturated heterocycles. The van der Waals surface area contributed by atoms with E-state index < -0.39 is 0 Å². The van der Waals surface area contributed by atoms with Gasteiger partial charge in [-0.3, -0.25) is 9.38 Å². The molecule has 1 aromatic carbocycles. The molecule has 1 aliphatic heterocycles. The number of amidine groups is 1. The highest BCUT2D eigenvalue weighted by Crippen LogP contribution is 2.42. The number of alkyl halides is 1. The van der Waals surface area contributed by atoms with Crippen LogP contribution < -0.4 is 23.0 Å². The third kappa shape index (κ3) is 5.27. The number of hydrazine groups is 1. The Morgan fingerprint density at radius 2 is 2.08 bits per heavy atom. The van der Waals surface area contributed by atoms with Crippen LogP contribution in [0.3, 0.4) is 0 Å². The third-order valence-corrected chi connectivity index (χ3v) is 4.54. The summed E-state index contributed by atoms with van der Waals surface area (Å²) in [5, 5.41) is 1.89. The molecule has 0 amide bonds. The molecule has 134 valence electrons. The highest BCUT2D eigenvalue weighted by molar-refractivity contribution is 8.15. The van der Waals surface area contributed by atoms with Gasteiger partial charge in [-0.15, -0.1) is 0 Å². The minimum absolute atomic E-state index is 0.318. The summed E-state index contributed by atoms with van der Waals surface area (Å²) in [5.41, 5.74) is 18.0. The first-order valence-corrected chi connectivity index (χ1v) is 7.99. The second-order valence-electron chi connectivity index (χ2n) is 5.53. The van der Waals surface area contributed by atoms with E-state index >= 15 is 0 Å². The number of benzene rings is 1. The number of hydrogen-bond donors (Lipinski definition) is 4. The molecule has 1 aromatic rings. The first-order chi connectivity index (χ1) is 11.3. The monoisotopic (exact) mass is 358 g/mol. The Balaban J connectivity index is 0.00000139. The molecule has 2 unspecified atom stereocenters. The maximum absolute atomic E-state index is 14.1. The van der Waals surface area contributed by atoms with Crippen LogP contribution in [0, 0.1) is 5.82 Å². The normalized spacial score (nSPS) is 23.4. The molecule has 9 heteroatoms. The van der Waals surface area contributed by atoms with Crippen LogP contribution in [-0.2, 0) is 0 Å². The maximum Gasteiger partial charge on any atom is 0.155 e. The summed E-state index contributed by atoms with van der Waals surface area (Å²) in [6.07, 6.45) is 3.53. The Kier molecular flexibility index (Phi) is 7.30. The van der Waals surface area contributed by atoms with Crippen LogP contribution in [0.15, 0.2) is 35.6 Å². The first-order valence-electron chi connectivity index (χ1n) is 7.18. The van der Waals surface area contributed by atoms with E-state index in [9.17, 15) is 8.78 Å². The molecule has 1 heterocycles. The quantitative estimate of drug-likeness (QED) is 0.370. The molecule has 24 heavy (non-hydrogen) atoms. The van der Waals surface area contributed by atoms with Crippen LogP contribution in [0.5, 0.6) is 0 Å². The van der Waals surface area contributed by atoms with Crippen LogP contribution in [0.1, 0.15) is 24.9 Å². The number of nitrogen functional groups attached to an aromatic ring is 1. The summed E-state index contributed by atoms with van der Waals surface area (Å²) in [4.78, 5) is 4.36. The lowest BCUT2D eigenvalue weighted by atomic mass is 9.94. The second kappa shape index (κ2) is 8.74. The molecule has 0 aliphatic carbocycles. The number of halogens is 2. The first kappa shape index (κ1) is 20.0. The van der Waals surface area contributed by atoms with E-state index in [2.05, 4.69) is 4.99 Å². The van der Waals surface area contributed by atoms with Gasteiger partial charge in [0.05, 0.1) is 13.2 Å². The lowest BCUT2D eigenvalue weighted by Crippen LogP contribution is -2.43. The number of anilines is 1. The summed E-state index contributed by atoms with van der Waals surface area (Å²) >= 11 is 1.43. The average Bonchev–Trinajstić information content (AvgIpc) is 2.50. The van der Waals surface area contributed by atoms with Gasteiger partial charge in [0.2, 0.25) is 0 Å². The van der Waals surface area contributed by atoms with Crippen LogP contribution in [0.25, 0.3) is 0 Å². The van der Waals surface area contributed by atoms with Crippen molar-refractivity contribution in [2.24, 2.45) is 22.3 Å². The summed E-state index contributed by atoms with van der Waals surface area (Å²) in [5.74, 6) is 5.53. The molecular formula is C15H24F2N6S.